The molecule has 1 aromatic heterocycles. The molecule has 10 heteroatoms. The number of amides is 1. The number of esters is 1. The van der Waals surface area contributed by atoms with E-state index in [1.165, 1.54) is 36.4 Å². The number of ketones is 1. The van der Waals surface area contributed by atoms with Crippen LogP contribution >= 0.6 is 0 Å². The van der Waals surface area contributed by atoms with Crippen molar-refractivity contribution in [1.82, 2.24) is 9.88 Å². The fourth-order valence-electron chi connectivity index (χ4n) is 3.47. The van der Waals surface area contributed by atoms with Crippen LogP contribution in [0.1, 0.15) is 38.5 Å². The van der Waals surface area contributed by atoms with Crippen LogP contribution in [0.2, 0.25) is 0 Å². The summed E-state index contributed by atoms with van der Waals surface area (Å²) < 4.78 is 20.4. The first-order chi connectivity index (χ1) is 16.2. The van der Waals surface area contributed by atoms with E-state index in [2.05, 4.69) is 5.32 Å². The van der Waals surface area contributed by atoms with Gasteiger partial charge in [-0.1, -0.05) is 6.07 Å². The largest absolute Gasteiger partial charge is 0.457 e. The average molecular weight is 467 g/mol. The summed E-state index contributed by atoms with van der Waals surface area (Å²) in [4.78, 5) is 46.7. The predicted octanol–water partition coefficient (Wildman–Crippen LogP) is 3.69. The maximum absolute atomic E-state index is 13.6. The van der Waals surface area contributed by atoms with E-state index in [4.69, 9.17) is 4.74 Å². The lowest BCUT2D eigenvalue weighted by Gasteiger charge is -2.10. The topological polar surface area (TPSA) is 121 Å². The number of nitrogens with one attached hydrogen (secondary N) is 1. The van der Waals surface area contributed by atoms with Crippen molar-refractivity contribution >= 4 is 23.3 Å². The number of carbonyl (C=O) groups is 3. The number of carbonyl (C=O) groups excluding carboxylic acids is 3. The first kappa shape index (κ1) is 24.3. The van der Waals surface area contributed by atoms with E-state index in [1.807, 2.05) is 0 Å². The van der Waals surface area contributed by atoms with Crippen LogP contribution in [0, 0.1) is 29.8 Å². The maximum atomic E-state index is 13.6. The Morgan fingerprint density at radius 1 is 1.09 bits per heavy atom. The Balaban J connectivity index is 1.50. The van der Waals surface area contributed by atoms with Gasteiger partial charge < -0.3 is 14.6 Å². The Hall–Kier alpha value is -4.34. The second kappa shape index (κ2) is 10.5. The number of hydrogen-bond acceptors (Lipinski definition) is 6. The zero-order chi connectivity index (χ0) is 24.8. The highest BCUT2D eigenvalue weighted by atomic mass is 19.1. The second-order valence-electron chi connectivity index (χ2n) is 7.49. The molecule has 0 unspecified atom stereocenters. The highest BCUT2D eigenvalue weighted by molar-refractivity contribution is 5.99. The number of nitro benzene ring substituents is 1. The summed E-state index contributed by atoms with van der Waals surface area (Å²) in [6.07, 6.45) is -0.158. The minimum Gasteiger partial charge on any atom is -0.457 e. The van der Waals surface area contributed by atoms with Crippen molar-refractivity contribution in [3.63, 3.8) is 0 Å². The highest BCUT2D eigenvalue weighted by Crippen LogP contribution is 2.22. The molecule has 0 aliphatic heterocycles. The fourth-order valence-corrected chi connectivity index (χ4v) is 3.47. The van der Waals surface area contributed by atoms with Crippen LogP contribution in [0.25, 0.3) is 5.69 Å². The van der Waals surface area contributed by atoms with Crippen LogP contribution in [0.3, 0.4) is 0 Å². The average Bonchev–Trinajstić information content (AvgIpc) is 3.11. The molecule has 9 nitrogen and oxygen atoms in total. The van der Waals surface area contributed by atoms with Crippen LogP contribution in [0.5, 0.6) is 0 Å². The third kappa shape index (κ3) is 5.71. The Labute approximate surface area is 194 Å². The molecule has 1 heterocycles. The normalized spacial score (nSPS) is 10.6. The lowest BCUT2D eigenvalue weighted by atomic mass is 10.1. The summed E-state index contributed by atoms with van der Waals surface area (Å²) in [5, 5.41) is 13.2. The fraction of sp³-hybridized carbons (Fsp3) is 0.208. The molecule has 0 radical (unpaired) electrons. The van der Waals surface area contributed by atoms with Crippen molar-refractivity contribution in [2.45, 2.75) is 20.3 Å². The lowest BCUT2D eigenvalue weighted by Crippen LogP contribution is -2.27. The summed E-state index contributed by atoms with van der Waals surface area (Å²) in [7, 11) is 0. The van der Waals surface area contributed by atoms with E-state index in [0.29, 0.717) is 16.9 Å². The van der Waals surface area contributed by atoms with Gasteiger partial charge in [-0.2, -0.15) is 0 Å². The molecule has 0 fully saturated rings. The summed E-state index contributed by atoms with van der Waals surface area (Å²) >= 11 is 0. The van der Waals surface area contributed by atoms with Crippen LogP contribution in [-0.4, -0.2) is 40.3 Å². The molecule has 0 saturated heterocycles. The SMILES string of the molecule is Cc1cc(C(=O)COC(=O)CCNC(=O)c2ccc([N+](=O)[O-])cc2)c(C)n1-c1cccc(F)c1. The summed E-state index contributed by atoms with van der Waals surface area (Å²) in [5.41, 5.74) is 2.34. The van der Waals surface area contributed by atoms with Gasteiger partial charge in [0, 0.05) is 46.9 Å². The monoisotopic (exact) mass is 467 g/mol. The van der Waals surface area contributed by atoms with Gasteiger partial charge in [0.15, 0.2) is 6.61 Å². The predicted molar refractivity (Wildman–Crippen MR) is 121 cm³/mol. The van der Waals surface area contributed by atoms with Crippen LogP contribution in [0.4, 0.5) is 10.1 Å². The maximum Gasteiger partial charge on any atom is 0.308 e. The van der Waals surface area contributed by atoms with E-state index in [1.54, 1.807) is 36.6 Å². The van der Waals surface area contributed by atoms with Crippen molar-refractivity contribution < 1.29 is 28.4 Å². The van der Waals surface area contributed by atoms with E-state index in [-0.39, 0.29) is 24.2 Å². The molecule has 0 atom stereocenters. The molecule has 3 aromatic rings. The van der Waals surface area contributed by atoms with Gasteiger partial charge in [-0.15, -0.1) is 0 Å². The minimum atomic E-state index is -0.670. The van der Waals surface area contributed by atoms with Gasteiger partial charge in [-0.3, -0.25) is 24.5 Å². The molecule has 0 spiro atoms. The molecule has 0 aliphatic rings. The number of rotatable bonds is 9. The van der Waals surface area contributed by atoms with E-state index in [9.17, 15) is 28.9 Å². The highest BCUT2D eigenvalue weighted by Gasteiger charge is 2.18. The third-order valence-electron chi connectivity index (χ3n) is 5.12. The zero-order valence-electron chi connectivity index (χ0n) is 18.5. The molecule has 34 heavy (non-hydrogen) atoms. The Morgan fingerprint density at radius 3 is 2.44 bits per heavy atom. The Morgan fingerprint density at radius 2 is 1.79 bits per heavy atom. The van der Waals surface area contributed by atoms with Crippen molar-refractivity contribution in [3.05, 3.63) is 93.0 Å². The number of nitrogens with zero attached hydrogens (tertiary/aromatic N) is 2. The van der Waals surface area contributed by atoms with Gasteiger partial charge in [0.25, 0.3) is 11.6 Å². The second-order valence-corrected chi connectivity index (χ2v) is 7.49. The standard InChI is InChI=1S/C24H22FN3O6/c1-15-12-21(16(2)27(15)20-5-3-4-18(25)13-20)22(29)14-34-23(30)10-11-26-24(31)17-6-8-19(9-7-17)28(32)33/h3-9,12-13H,10-11,14H2,1-2H3,(H,26,31). The number of benzene rings is 2. The smallest absolute Gasteiger partial charge is 0.308 e. The number of aromatic nitrogens is 1. The van der Waals surface area contributed by atoms with Crippen molar-refractivity contribution in [3.8, 4) is 5.69 Å². The number of hydrogen-bond donors (Lipinski definition) is 1. The first-order valence-corrected chi connectivity index (χ1v) is 10.3. The Bertz CT molecular complexity index is 1250. The zero-order valence-corrected chi connectivity index (χ0v) is 18.5. The van der Waals surface area contributed by atoms with Crippen molar-refractivity contribution in [2.75, 3.05) is 13.2 Å². The number of non-ortho nitro benzene ring substituents is 1. The van der Waals surface area contributed by atoms with Gasteiger partial charge >= 0.3 is 5.97 Å². The molecule has 0 bridgehead atoms. The molecule has 0 saturated carbocycles. The quantitative estimate of drug-likeness (QED) is 0.222. The molecule has 1 amide bonds. The first-order valence-electron chi connectivity index (χ1n) is 10.3. The molecule has 0 aliphatic carbocycles. The van der Waals surface area contributed by atoms with Crippen LogP contribution in [-0.2, 0) is 9.53 Å². The third-order valence-corrected chi connectivity index (χ3v) is 5.12. The van der Waals surface area contributed by atoms with Gasteiger partial charge in [0.05, 0.1) is 11.3 Å². The number of ether oxygens (including phenoxy) is 1. The minimum absolute atomic E-state index is 0.0308. The lowest BCUT2D eigenvalue weighted by molar-refractivity contribution is -0.384. The van der Waals surface area contributed by atoms with Crippen LogP contribution in [0.15, 0.2) is 54.6 Å². The van der Waals surface area contributed by atoms with E-state index in [0.717, 1.165) is 5.69 Å². The van der Waals surface area contributed by atoms with Crippen molar-refractivity contribution in [1.29, 1.82) is 0 Å². The summed E-state index contributed by atoms with van der Waals surface area (Å²) in [6.45, 7) is 3.01. The number of Topliss-reactive ketones (excluding diaryl/α,β-unsaturated/α-hetero) is 1. The summed E-state index contributed by atoms with van der Waals surface area (Å²) in [5.74, 6) is -1.97. The van der Waals surface area contributed by atoms with Gasteiger partial charge in [0.1, 0.15) is 5.82 Å². The Kier molecular flexibility index (Phi) is 7.52. The molecular formula is C24H22FN3O6. The molecule has 176 valence electrons. The van der Waals surface area contributed by atoms with Crippen LogP contribution < -0.4 is 5.32 Å². The van der Waals surface area contributed by atoms with Gasteiger partial charge in [-0.05, 0) is 50.2 Å². The number of aryl methyl sites for hydroxylation is 1. The molecule has 1 N–H and O–H groups in total. The molecule has 2 aromatic carbocycles. The molecular weight excluding hydrogens is 445 g/mol. The van der Waals surface area contributed by atoms with E-state index >= 15 is 0 Å². The summed E-state index contributed by atoms with van der Waals surface area (Å²) in [6, 6.07) is 12.7. The number of nitro groups is 1. The van der Waals surface area contributed by atoms with Gasteiger partial charge in [0.2, 0.25) is 5.78 Å². The van der Waals surface area contributed by atoms with Gasteiger partial charge in [-0.25, -0.2) is 4.39 Å². The van der Waals surface area contributed by atoms with Crippen molar-refractivity contribution in [2.24, 2.45) is 0 Å². The van der Waals surface area contributed by atoms with E-state index < -0.39 is 35.0 Å². The number of halogens is 1. The molecule has 3 rings (SSSR count).